The minimum Gasteiger partial charge on any atom is -0.329 e. The number of hydrogen-bond donors (Lipinski definition) is 1. The van der Waals surface area contributed by atoms with E-state index in [-0.39, 0.29) is 0 Å². The third kappa shape index (κ3) is 2.84. The molecule has 0 spiro atoms. The summed E-state index contributed by atoms with van der Waals surface area (Å²) in [5.74, 6) is 1.06. The van der Waals surface area contributed by atoms with Crippen LogP contribution in [-0.2, 0) is 13.1 Å². The van der Waals surface area contributed by atoms with Crippen molar-refractivity contribution in [3.8, 4) is 0 Å². The number of thiophene rings is 1. The van der Waals surface area contributed by atoms with Gasteiger partial charge in [0.05, 0.1) is 17.4 Å². The molecule has 2 aromatic heterocycles. The summed E-state index contributed by atoms with van der Waals surface area (Å²) < 4.78 is 2.98. The predicted octanol–water partition coefficient (Wildman–Crippen LogP) is 2.76. The average Bonchev–Trinajstić information content (AvgIpc) is 2.86. The highest BCUT2D eigenvalue weighted by atomic mass is 35.5. The molecule has 0 amide bonds. The number of imidazole rings is 1. The number of hydrogen-bond acceptors (Lipinski definition) is 3. The third-order valence-electron chi connectivity index (χ3n) is 2.29. The summed E-state index contributed by atoms with van der Waals surface area (Å²) in [4.78, 5) is 5.58. The largest absolute Gasteiger partial charge is 0.329 e. The molecule has 0 aromatic carbocycles. The number of nitrogens with zero attached hydrogens (tertiary/aromatic N) is 2. The Kier molecular flexibility index (Phi) is 3.98. The lowest BCUT2D eigenvalue weighted by Gasteiger charge is -2.06. The van der Waals surface area contributed by atoms with Gasteiger partial charge in [0.15, 0.2) is 0 Å². The van der Waals surface area contributed by atoms with Crippen LogP contribution < -0.4 is 5.32 Å². The van der Waals surface area contributed by atoms with Crippen LogP contribution >= 0.6 is 22.9 Å². The Morgan fingerprint density at radius 3 is 3.06 bits per heavy atom. The van der Waals surface area contributed by atoms with Crippen molar-refractivity contribution in [1.82, 2.24) is 14.9 Å². The Labute approximate surface area is 104 Å². The smallest absolute Gasteiger partial charge is 0.122 e. The zero-order chi connectivity index (χ0) is 11.4. The van der Waals surface area contributed by atoms with Crippen LogP contribution in [0.15, 0.2) is 24.5 Å². The van der Waals surface area contributed by atoms with Gasteiger partial charge in [-0.2, -0.15) is 0 Å². The summed E-state index contributed by atoms with van der Waals surface area (Å²) in [7, 11) is 0. The van der Waals surface area contributed by atoms with Crippen LogP contribution in [0.25, 0.3) is 0 Å². The second kappa shape index (κ2) is 5.48. The van der Waals surface area contributed by atoms with Crippen molar-refractivity contribution in [2.45, 2.75) is 20.0 Å². The molecule has 16 heavy (non-hydrogen) atoms. The van der Waals surface area contributed by atoms with E-state index in [0.29, 0.717) is 0 Å². The van der Waals surface area contributed by atoms with Crippen molar-refractivity contribution in [3.63, 3.8) is 0 Å². The molecule has 0 fully saturated rings. The van der Waals surface area contributed by atoms with Gasteiger partial charge in [-0.25, -0.2) is 4.98 Å². The quantitative estimate of drug-likeness (QED) is 0.891. The average molecular weight is 256 g/mol. The lowest BCUT2D eigenvalue weighted by atomic mass is 10.4. The first kappa shape index (κ1) is 11.6. The number of rotatable bonds is 5. The van der Waals surface area contributed by atoms with Gasteiger partial charge in [0.25, 0.3) is 0 Å². The number of halogens is 1. The molecule has 0 saturated carbocycles. The maximum atomic E-state index is 5.91. The maximum absolute atomic E-state index is 5.91. The number of aromatic nitrogens is 2. The molecule has 0 aliphatic carbocycles. The Hall–Kier alpha value is -0.840. The van der Waals surface area contributed by atoms with Crippen molar-refractivity contribution < 1.29 is 0 Å². The molecular formula is C11H14ClN3S. The fraction of sp³-hybridized carbons (Fsp3) is 0.364. The van der Waals surface area contributed by atoms with Gasteiger partial charge in [-0.05, 0) is 18.7 Å². The Morgan fingerprint density at radius 1 is 1.50 bits per heavy atom. The summed E-state index contributed by atoms with van der Waals surface area (Å²) in [5, 5.41) is 3.28. The van der Waals surface area contributed by atoms with Crippen LogP contribution in [0.2, 0.25) is 4.34 Å². The molecule has 2 rings (SSSR count). The first-order valence-electron chi connectivity index (χ1n) is 5.24. The van der Waals surface area contributed by atoms with Crippen LogP contribution in [0.3, 0.4) is 0 Å². The van der Waals surface area contributed by atoms with E-state index in [2.05, 4.69) is 27.9 Å². The molecule has 86 valence electrons. The molecule has 0 unspecified atom stereocenters. The van der Waals surface area contributed by atoms with Gasteiger partial charge in [-0.3, -0.25) is 0 Å². The number of nitrogens with one attached hydrogen (secondary N) is 1. The molecule has 0 aliphatic rings. The molecule has 1 N–H and O–H groups in total. The van der Waals surface area contributed by atoms with Gasteiger partial charge in [-0.1, -0.05) is 18.5 Å². The highest BCUT2D eigenvalue weighted by Crippen LogP contribution is 2.22. The van der Waals surface area contributed by atoms with E-state index in [1.165, 1.54) is 4.88 Å². The van der Waals surface area contributed by atoms with E-state index in [9.17, 15) is 0 Å². The van der Waals surface area contributed by atoms with Gasteiger partial charge < -0.3 is 9.88 Å². The van der Waals surface area contributed by atoms with Gasteiger partial charge in [-0.15, -0.1) is 11.3 Å². The van der Waals surface area contributed by atoms with Crippen molar-refractivity contribution in [3.05, 3.63) is 39.6 Å². The van der Waals surface area contributed by atoms with Crippen LogP contribution in [0, 0.1) is 0 Å². The minimum atomic E-state index is 0.808. The molecular weight excluding hydrogens is 242 g/mol. The van der Waals surface area contributed by atoms with Crippen LogP contribution in [0.1, 0.15) is 17.6 Å². The monoisotopic (exact) mass is 255 g/mol. The van der Waals surface area contributed by atoms with Gasteiger partial charge in [0, 0.05) is 17.3 Å². The summed E-state index contributed by atoms with van der Waals surface area (Å²) in [6, 6.07) is 3.99. The highest BCUT2D eigenvalue weighted by Gasteiger charge is 2.04. The fourth-order valence-corrected chi connectivity index (χ4v) is 2.58. The van der Waals surface area contributed by atoms with Crippen molar-refractivity contribution in [1.29, 1.82) is 0 Å². The van der Waals surface area contributed by atoms with E-state index in [1.807, 2.05) is 18.5 Å². The van der Waals surface area contributed by atoms with Crippen LogP contribution in [-0.4, -0.2) is 16.1 Å². The second-order valence-corrected chi connectivity index (χ2v) is 5.26. The van der Waals surface area contributed by atoms with Gasteiger partial charge >= 0.3 is 0 Å². The zero-order valence-corrected chi connectivity index (χ0v) is 10.7. The Balaban J connectivity index is 2.06. The van der Waals surface area contributed by atoms with E-state index >= 15 is 0 Å². The summed E-state index contributed by atoms with van der Waals surface area (Å²) in [6.07, 6.45) is 3.84. The molecule has 0 radical (unpaired) electrons. The van der Waals surface area contributed by atoms with E-state index in [0.717, 1.165) is 29.8 Å². The fourth-order valence-electron chi connectivity index (χ4n) is 1.49. The Morgan fingerprint density at radius 2 is 2.38 bits per heavy atom. The molecule has 5 heteroatoms. The maximum Gasteiger partial charge on any atom is 0.122 e. The lowest BCUT2D eigenvalue weighted by Crippen LogP contribution is -2.16. The summed E-state index contributed by atoms with van der Waals surface area (Å²) >= 11 is 7.52. The molecule has 3 nitrogen and oxygen atoms in total. The zero-order valence-electron chi connectivity index (χ0n) is 9.11. The molecule has 0 saturated heterocycles. The van der Waals surface area contributed by atoms with Gasteiger partial charge in [0.1, 0.15) is 5.82 Å². The normalized spacial score (nSPS) is 10.9. The molecule has 0 bridgehead atoms. The first-order valence-corrected chi connectivity index (χ1v) is 6.44. The standard InChI is InChI=1S/C11H14ClN3S/c1-2-13-7-11-14-5-6-15(11)8-9-3-4-10(12)16-9/h3-6,13H,2,7-8H2,1H3. The second-order valence-electron chi connectivity index (χ2n) is 3.46. The minimum absolute atomic E-state index is 0.808. The molecule has 2 aromatic rings. The van der Waals surface area contributed by atoms with E-state index < -0.39 is 0 Å². The van der Waals surface area contributed by atoms with E-state index in [1.54, 1.807) is 11.3 Å². The Bertz CT molecular complexity index is 450. The molecule has 2 heterocycles. The summed E-state index contributed by atoms with van der Waals surface area (Å²) in [6.45, 7) is 4.70. The lowest BCUT2D eigenvalue weighted by molar-refractivity contribution is 0.642. The topological polar surface area (TPSA) is 29.9 Å². The van der Waals surface area contributed by atoms with E-state index in [4.69, 9.17) is 11.6 Å². The van der Waals surface area contributed by atoms with Crippen molar-refractivity contribution >= 4 is 22.9 Å². The van der Waals surface area contributed by atoms with Crippen LogP contribution in [0.4, 0.5) is 0 Å². The molecule has 0 aliphatic heterocycles. The third-order valence-corrected chi connectivity index (χ3v) is 3.51. The van der Waals surface area contributed by atoms with Crippen molar-refractivity contribution in [2.24, 2.45) is 0 Å². The SMILES string of the molecule is CCNCc1nccn1Cc1ccc(Cl)s1. The summed E-state index contributed by atoms with van der Waals surface area (Å²) in [5.41, 5.74) is 0. The van der Waals surface area contributed by atoms with Crippen LogP contribution in [0.5, 0.6) is 0 Å². The van der Waals surface area contributed by atoms with Crippen molar-refractivity contribution in [2.75, 3.05) is 6.54 Å². The highest BCUT2D eigenvalue weighted by molar-refractivity contribution is 7.16. The first-order chi connectivity index (χ1) is 7.79. The molecule has 0 atom stereocenters. The predicted molar refractivity (Wildman–Crippen MR) is 68.0 cm³/mol. The van der Waals surface area contributed by atoms with Gasteiger partial charge in [0.2, 0.25) is 0 Å².